The zero-order chi connectivity index (χ0) is 39.4. The summed E-state index contributed by atoms with van der Waals surface area (Å²) >= 11 is 0. The van der Waals surface area contributed by atoms with Crippen LogP contribution in [0.3, 0.4) is 0 Å². The topological polar surface area (TPSA) is 25.6 Å². The Kier molecular flexibility index (Phi) is 7.65. The number of hydrogen-bond acceptors (Lipinski definition) is 3. The standard InChI is InChI=1S/C54H42BNO2/c1-31-24-33(3)50(34(4)25-31)38-16-20-41(21-17-38)56-46-23-19-40(51-35(5)26-32(2)27-36(51)6)28-45(46)55-53-47(56)30-44-42-14-10-11-15-48(42)57-54(44)52(53)43-22-18-39(29-49(43)58-55)37-12-8-7-9-13-37/h7-30H,1-6H3. The van der Waals surface area contributed by atoms with E-state index in [1.807, 2.05) is 0 Å². The lowest BCUT2D eigenvalue weighted by Gasteiger charge is -2.40. The van der Waals surface area contributed by atoms with Gasteiger partial charge in [0, 0.05) is 44.4 Å². The molecule has 0 bridgehead atoms. The molecule has 0 fully saturated rings. The van der Waals surface area contributed by atoms with Crippen LogP contribution >= 0.6 is 0 Å². The van der Waals surface area contributed by atoms with Gasteiger partial charge < -0.3 is 14.0 Å². The van der Waals surface area contributed by atoms with E-state index in [4.69, 9.17) is 9.07 Å². The van der Waals surface area contributed by atoms with E-state index in [2.05, 4.69) is 192 Å². The zero-order valence-corrected chi connectivity index (χ0v) is 33.7. The van der Waals surface area contributed by atoms with Gasteiger partial charge in [-0.1, -0.05) is 114 Å². The maximum Gasteiger partial charge on any atom is 0.431 e. The number of rotatable bonds is 4. The van der Waals surface area contributed by atoms with Crippen molar-refractivity contribution in [1.82, 2.24) is 0 Å². The molecule has 0 unspecified atom stereocenters. The minimum Gasteiger partial charge on any atom is -0.551 e. The van der Waals surface area contributed by atoms with Crippen LogP contribution < -0.4 is 20.5 Å². The first-order chi connectivity index (χ1) is 28.2. The molecule has 0 atom stereocenters. The highest BCUT2D eigenvalue weighted by atomic mass is 16.4. The van der Waals surface area contributed by atoms with Crippen LogP contribution in [0.15, 0.2) is 150 Å². The van der Waals surface area contributed by atoms with E-state index < -0.39 is 0 Å². The quantitative estimate of drug-likeness (QED) is 0.168. The van der Waals surface area contributed by atoms with E-state index in [9.17, 15) is 0 Å². The number of nitrogens with zero attached hydrogens (tertiary/aromatic N) is 1. The van der Waals surface area contributed by atoms with Gasteiger partial charge in [-0.2, -0.15) is 0 Å². The largest absolute Gasteiger partial charge is 0.551 e. The number of benzene rings is 8. The normalized spacial score (nSPS) is 12.7. The summed E-state index contributed by atoms with van der Waals surface area (Å²) in [5.74, 6) is 0.860. The summed E-state index contributed by atoms with van der Waals surface area (Å²) in [5.41, 5.74) is 24.5. The van der Waals surface area contributed by atoms with Crippen molar-refractivity contribution >= 4 is 56.8 Å². The molecule has 0 saturated heterocycles. The first kappa shape index (κ1) is 34.5. The zero-order valence-electron chi connectivity index (χ0n) is 33.7. The summed E-state index contributed by atoms with van der Waals surface area (Å²) in [6.07, 6.45) is 0. The average molecular weight is 748 g/mol. The molecule has 2 aliphatic rings. The van der Waals surface area contributed by atoms with E-state index >= 15 is 0 Å². The number of hydrogen-bond donors (Lipinski definition) is 0. The number of fused-ring (bicyclic) bond motifs is 8. The molecule has 0 spiro atoms. The van der Waals surface area contributed by atoms with Gasteiger partial charge in [0.2, 0.25) is 0 Å². The van der Waals surface area contributed by atoms with Crippen LogP contribution in [0.25, 0.3) is 66.4 Å². The van der Waals surface area contributed by atoms with E-state index in [0.29, 0.717) is 0 Å². The van der Waals surface area contributed by atoms with E-state index in [1.165, 1.54) is 55.6 Å². The monoisotopic (exact) mass is 747 g/mol. The lowest BCUT2D eigenvalue weighted by atomic mass is 9.49. The molecule has 0 aliphatic carbocycles. The van der Waals surface area contributed by atoms with Crippen LogP contribution in [0.1, 0.15) is 33.4 Å². The van der Waals surface area contributed by atoms with Gasteiger partial charge in [-0.25, -0.2) is 0 Å². The molecule has 9 aromatic rings. The van der Waals surface area contributed by atoms with Gasteiger partial charge in [0.05, 0.1) is 0 Å². The van der Waals surface area contributed by atoms with E-state index in [0.717, 1.165) is 77.9 Å². The van der Waals surface area contributed by atoms with Crippen LogP contribution in [0, 0.1) is 41.5 Å². The van der Waals surface area contributed by atoms with Gasteiger partial charge >= 0.3 is 6.92 Å². The van der Waals surface area contributed by atoms with Crippen molar-refractivity contribution in [2.75, 3.05) is 4.90 Å². The Morgan fingerprint density at radius 2 is 1.09 bits per heavy atom. The number of anilines is 3. The second-order valence-corrected chi connectivity index (χ2v) is 16.4. The summed E-state index contributed by atoms with van der Waals surface area (Å²) in [6, 6.07) is 53.3. The first-order valence-corrected chi connectivity index (χ1v) is 20.3. The fraction of sp³-hybridized carbons (Fsp3) is 0.111. The molecule has 1 aromatic heterocycles. The van der Waals surface area contributed by atoms with Crippen molar-refractivity contribution < 1.29 is 9.07 Å². The van der Waals surface area contributed by atoms with Crippen molar-refractivity contribution in [3.63, 3.8) is 0 Å². The molecule has 8 aromatic carbocycles. The van der Waals surface area contributed by atoms with Crippen LogP contribution in [0.5, 0.6) is 5.75 Å². The molecular weight excluding hydrogens is 705 g/mol. The van der Waals surface area contributed by atoms with Gasteiger partial charge in [0.15, 0.2) is 0 Å². The van der Waals surface area contributed by atoms with Gasteiger partial charge in [-0.3, -0.25) is 0 Å². The molecule has 0 N–H and O–H groups in total. The van der Waals surface area contributed by atoms with Crippen LogP contribution in [0.4, 0.5) is 17.1 Å². The summed E-state index contributed by atoms with van der Waals surface area (Å²) < 4.78 is 14.2. The van der Waals surface area contributed by atoms with Crippen molar-refractivity contribution in [2.24, 2.45) is 0 Å². The Morgan fingerprint density at radius 1 is 0.466 bits per heavy atom. The molecule has 0 saturated carbocycles. The molecule has 3 nitrogen and oxygen atoms in total. The van der Waals surface area contributed by atoms with E-state index in [1.54, 1.807) is 0 Å². The number of furan rings is 1. The third kappa shape index (κ3) is 5.21. The minimum absolute atomic E-state index is 0.365. The molecule has 4 heteroatoms. The fourth-order valence-electron chi connectivity index (χ4n) is 10.2. The Bertz CT molecular complexity index is 3110. The minimum atomic E-state index is -0.365. The van der Waals surface area contributed by atoms with Crippen molar-refractivity contribution in [3.8, 4) is 50.3 Å². The Labute approximate surface area is 340 Å². The predicted molar refractivity (Wildman–Crippen MR) is 244 cm³/mol. The van der Waals surface area contributed by atoms with E-state index in [-0.39, 0.29) is 6.92 Å². The molecule has 3 heterocycles. The first-order valence-electron chi connectivity index (χ1n) is 20.3. The fourth-order valence-corrected chi connectivity index (χ4v) is 10.2. The Morgan fingerprint density at radius 3 is 1.79 bits per heavy atom. The maximum atomic E-state index is 7.35. The molecule has 11 rings (SSSR count). The third-order valence-electron chi connectivity index (χ3n) is 12.4. The molecule has 0 radical (unpaired) electrons. The van der Waals surface area contributed by atoms with Crippen molar-refractivity contribution in [1.29, 1.82) is 0 Å². The lowest BCUT2D eigenvalue weighted by molar-refractivity contribution is 0.589. The Hall–Kier alpha value is -6.78. The summed E-state index contributed by atoms with van der Waals surface area (Å²) in [7, 11) is 0. The van der Waals surface area contributed by atoms with Gasteiger partial charge in [0.1, 0.15) is 16.9 Å². The van der Waals surface area contributed by atoms with Crippen LogP contribution in [-0.2, 0) is 0 Å². The van der Waals surface area contributed by atoms with Crippen LogP contribution in [-0.4, -0.2) is 6.92 Å². The third-order valence-corrected chi connectivity index (χ3v) is 12.4. The van der Waals surface area contributed by atoms with Gasteiger partial charge in [-0.05, 0) is 145 Å². The Balaban J connectivity index is 1.20. The average Bonchev–Trinajstić information content (AvgIpc) is 3.59. The second kappa shape index (κ2) is 12.9. The number of aryl methyl sites for hydroxylation is 6. The highest BCUT2D eigenvalue weighted by molar-refractivity contribution is 6.86. The molecule has 58 heavy (non-hydrogen) atoms. The van der Waals surface area contributed by atoms with Crippen molar-refractivity contribution in [2.45, 2.75) is 41.5 Å². The highest BCUT2D eigenvalue weighted by Gasteiger charge is 2.44. The highest BCUT2D eigenvalue weighted by Crippen LogP contribution is 2.49. The molecular formula is C54H42BNO2. The predicted octanol–water partition coefficient (Wildman–Crippen LogP) is 13.4. The number of para-hydroxylation sites is 1. The SMILES string of the molecule is Cc1cc(C)c(-c2ccc(N3c4ccc(-c5c(C)cc(C)cc5C)cc4B4Oc5cc(-c6ccccc6)ccc5-c5c4c3cc3c5oc4ccccc43)cc2)c(C)c1. The van der Waals surface area contributed by atoms with Gasteiger partial charge in [0.25, 0.3) is 0 Å². The summed E-state index contributed by atoms with van der Waals surface area (Å²) in [5, 5.41) is 2.20. The van der Waals surface area contributed by atoms with Crippen LogP contribution in [0.2, 0.25) is 0 Å². The second-order valence-electron chi connectivity index (χ2n) is 16.4. The maximum absolute atomic E-state index is 7.35. The van der Waals surface area contributed by atoms with Crippen molar-refractivity contribution in [3.05, 3.63) is 179 Å². The lowest BCUT2D eigenvalue weighted by Crippen LogP contribution is -2.56. The molecule has 0 amide bonds. The molecule has 278 valence electrons. The molecule has 2 aliphatic heterocycles. The summed E-state index contributed by atoms with van der Waals surface area (Å²) in [6.45, 7) is 12.9. The summed E-state index contributed by atoms with van der Waals surface area (Å²) in [4.78, 5) is 2.45. The smallest absolute Gasteiger partial charge is 0.431 e. The van der Waals surface area contributed by atoms with Gasteiger partial charge in [-0.15, -0.1) is 0 Å².